The van der Waals surface area contributed by atoms with Gasteiger partial charge in [0.1, 0.15) is 0 Å². The minimum atomic E-state index is 0.716. The molecule has 1 saturated carbocycles. The van der Waals surface area contributed by atoms with Crippen molar-refractivity contribution in [1.29, 1.82) is 0 Å². The zero-order chi connectivity index (χ0) is 11.9. The topological polar surface area (TPSA) is 33.6 Å². The molecule has 0 saturated heterocycles. The van der Waals surface area contributed by atoms with Crippen molar-refractivity contribution in [2.75, 3.05) is 26.3 Å². The predicted octanol–water partition coefficient (Wildman–Crippen LogP) is 2.66. The number of hydrogen-bond acceptors (Lipinski definition) is 4. The third-order valence-corrected chi connectivity index (χ3v) is 4.33. The second-order valence-electron chi connectivity index (χ2n) is 4.97. The number of hydrogen-bond donors (Lipinski definition) is 1. The Labute approximate surface area is 109 Å². The Balaban J connectivity index is 1.42. The summed E-state index contributed by atoms with van der Waals surface area (Å²) in [5.74, 6) is 0.882. The molecule has 1 aliphatic carbocycles. The molecule has 0 aromatic heterocycles. The molecular weight excluding hydrogens is 232 g/mol. The van der Waals surface area contributed by atoms with E-state index in [1.165, 1.54) is 25.7 Å². The van der Waals surface area contributed by atoms with Crippen LogP contribution in [0.25, 0.3) is 0 Å². The summed E-state index contributed by atoms with van der Waals surface area (Å²) in [7, 11) is 0. The molecule has 4 heteroatoms. The van der Waals surface area contributed by atoms with Gasteiger partial charge in [-0.1, -0.05) is 25.1 Å². The first kappa shape index (κ1) is 13.2. The molecule has 0 aromatic rings. The van der Waals surface area contributed by atoms with Gasteiger partial charge in [-0.3, -0.25) is 4.99 Å². The number of thioether (sulfide) groups is 1. The summed E-state index contributed by atoms with van der Waals surface area (Å²) in [6.07, 6.45) is 6.39. The second-order valence-corrected chi connectivity index (χ2v) is 6.26. The van der Waals surface area contributed by atoms with Crippen LogP contribution in [-0.2, 0) is 4.74 Å². The molecule has 17 heavy (non-hydrogen) atoms. The largest absolute Gasteiger partial charge is 0.381 e. The van der Waals surface area contributed by atoms with Gasteiger partial charge in [-0.2, -0.15) is 0 Å². The Morgan fingerprint density at radius 3 is 3.12 bits per heavy atom. The van der Waals surface area contributed by atoms with Crippen molar-refractivity contribution in [3.8, 4) is 0 Å². The van der Waals surface area contributed by atoms with Crippen molar-refractivity contribution in [3.05, 3.63) is 0 Å². The SMILES string of the molecule is CCCC1CN=C(NCCCOCC2CC2)S1. The predicted molar refractivity (Wildman–Crippen MR) is 74.8 cm³/mol. The van der Waals surface area contributed by atoms with E-state index in [0.717, 1.165) is 43.8 Å². The van der Waals surface area contributed by atoms with E-state index in [0.29, 0.717) is 5.25 Å². The molecule has 98 valence electrons. The molecule has 1 aliphatic heterocycles. The molecule has 1 N–H and O–H groups in total. The van der Waals surface area contributed by atoms with E-state index in [1.54, 1.807) is 0 Å². The fourth-order valence-electron chi connectivity index (χ4n) is 1.89. The van der Waals surface area contributed by atoms with E-state index in [4.69, 9.17) is 4.74 Å². The third kappa shape index (κ3) is 5.30. The van der Waals surface area contributed by atoms with E-state index in [-0.39, 0.29) is 0 Å². The van der Waals surface area contributed by atoms with E-state index in [2.05, 4.69) is 17.2 Å². The standard InChI is InChI=1S/C13H24N2OS/c1-2-4-12-9-15-13(17-12)14-7-3-8-16-10-11-5-6-11/h11-12H,2-10H2,1H3,(H,14,15). The molecule has 3 nitrogen and oxygen atoms in total. The summed E-state index contributed by atoms with van der Waals surface area (Å²) in [6, 6.07) is 0. The number of nitrogens with zero attached hydrogens (tertiary/aromatic N) is 1. The molecule has 1 atom stereocenters. The highest BCUT2D eigenvalue weighted by Gasteiger charge is 2.21. The second kappa shape index (κ2) is 7.27. The van der Waals surface area contributed by atoms with E-state index in [9.17, 15) is 0 Å². The molecule has 0 radical (unpaired) electrons. The van der Waals surface area contributed by atoms with Crippen molar-refractivity contribution >= 4 is 16.9 Å². The van der Waals surface area contributed by atoms with Crippen molar-refractivity contribution < 1.29 is 4.74 Å². The Bertz CT molecular complexity index is 254. The molecule has 0 aromatic carbocycles. The normalized spacial score (nSPS) is 23.8. The number of rotatable bonds is 8. The van der Waals surface area contributed by atoms with Crippen LogP contribution in [0.5, 0.6) is 0 Å². The molecule has 0 spiro atoms. The Morgan fingerprint density at radius 1 is 1.47 bits per heavy atom. The molecule has 1 fully saturated rings. The van der Waals surface area contributed by atoms with Crippen LogP contribution in [0, 0.1) is 5.92 Å². The van der Waals surface area contributed by atoms with Gasteiger partial charge in [0.15, 0.2) is 5.17 Å². The van der Waals surface area contributed by atoms with Gasteiger partial charge in [0.05, 0.1) is 6.54 Å². The third-order valence-electron chi connectivity index (χ3n) is 3.12. The maximum Gasteiger partial charge on any atom is 0.156 e. The minimum absolute atomic E-state index is 0.716. The van der Waals surface area contributed by atoms with Crippen LogP contribution < -0.4 is 5.32 Å². The van der Waals surface area contributed by atoms with Crippen LogP contribution in [0.2, 0.25) is 0 Å². The lowest BCUT2D eigenvalue weighted by molar-refractivity contribution is 0.123. The van der Waals surface area contributed by atoms with Gasteiger partial charge < -0.3 is 10.1 Å². The maximum atomic E-state index is 5.60. The van der Waals surface area contributed by atoms with E-state index < -0.39 is 0 Å². The van der Waals surface area contributed by atoms with Crippen molar-refractivity contribution in [3.63, 3.8) is 0 Å². The maximum absolute atomic E-state index is 5.60. The smallest absolute Gasteiger partial charge is 0.156 e. The molecule has 2 rings (SSSR count). The van der Waals surface area contributed by atoms with E-state index >= 15 is 0 Å². The summed E-state index contributed by atoms with van der Waals surface area (Å²) in [5, 5.41) is 5.27. The van der Waals surface area contributed by atoms with Crippen LogP contribution in [0.4, 0.5) is 0 Å². The van der Waals surface area contributed by atoms with Crippen LogP contribution in [-0.4, -0.2) is 36.7 Å². The van der Waals surface area contributed by atoms with Crippen LogP contribution >= 0.6 is 11.8 Å². The molecule has 1 unspecified atom stereocenters. The van der Waals surface area contributed by atoms with E-state index in [1.807, 2.05) is 11.8 Å². The van der Waals surface area contributed by atoms with Gasteiger partial charge in [-0.15, -0.1) is 0 Å². The summed E-state index contributed by atoms with van der Waals surface area (Å²) < 4.78 is 5.60. The average molecular weight is 256 g/mol. The van der Waals surface area contributed by atoms with Crippen LogP contribution in [0.1, 0.15) is 39.0 Å². The highest BCUT2D eigenvalue weighted by Crippen LogP contribution is 2.28. The van der Waals surface area contributed by atoms with Crippen molar-refractivity contribution in [2.45, 2.75) is 44.3 Å². The number of ether oxygens (including phenoxy) is 1. The quantitative estimate of drug-likeness (QED) is 0.678. The van der Waals surface area contributed by atoms with Crippen LogP contribution in [0.3, 0.4) is 0 Å². The average Bonchev–Trinajstić information content (AvgIpc) is 3.05. The van der Waals surface area contributed by atoms with Gasteiger partial charge in [-0.25, -0.2) is 0 Å². The summed E-state index contributed by atoms with van der Waals surface area (Å²) in [5.41, 5.74) is 0. The molecule has 0 amide bonds. The Morgan fingerprint density at radius 2 is 2.35 bits per heavy atom. The number of nitrogens with one attached hydrogen (secondary N) is 1. The van der Waals surface area contributed by atoms with Crippen LogP contribution in [0.15, 0.2) is 4.99 Å². The molecule has 2 aliphatic rings. The zero-order valence-corrected chi connectivity index (χ0v) is 11.6. The molecule has 1 heterocycles. The summed E-state index contributed by atoms with van der Waals surface area (Å²) in [4.78, 5) is 4.52. The fourth-order valence-corrected chi connectivity index (χ4v) is 3.04. The van der Waals surface area contributed by atoms with Gasteiger partial charge in [-0.05, 0) is 31.6 Å². The van der Waals surface area contributed by atoms with Gasteiger partial charge in [0.2, 0.25) is 0 Å². The highest BCUT2D eigenvalue weighted by atomic mass is 32.2. The van der Waals surface area contributed by atoms with Gasteiger partial charge >= 0.3 is 0 Å². The lowest BCUT2D eigenvalue weighted by Gasteiger charge is -2.08. The lowest BCUT2D eigenvalue weighted by atomic mass is 10.2. The fraction of sp³-hybridized carbons (Fsp3) is 0.923. The van der Waals surface area contributed by atoms with Gasteiger partial charge in [0.25, 0.3) is 0 Å². The summed E-state index contributed by atoms with van der Waals surface area (Å²) >= 11 is 1.91. The van der Waals surface area contributed by atoms with Crippen molar-refractivity contribution in [2.24, 2.45) is 10.9 Å². The minimum Gasteiger partial charge on any atom is -0.381 e. The molecular formula is C13H24N2OS. The number of aliphatic imine (C=N–C) groups is 1. The van der Waals surface area contributed by atoms with Gasteiger partial charge in [0, 0.05) is 25.0 Å². The Hall–Kier alpha value is -0.220. The Kier molecular flexibility index (Phi) is 5.65. The first-order chi connectivity index (χ1) is 8.38. The molecule has 0 bridgehead atoms. The first-order valence-electron chi connectivity index (χ1n) is 6.91. The first-order valence-corrected chi connectivity index (χ1v) is 7.79. The lowest BCUT2D eigenvalue weighted by Crippen LogP contribution is -2.22. The zero-order valence-electron chi connectivity index (χ0n) is 10.8. The summed E-state index contributed by atoms with van der Waals surface area (Å²) in [6.45, 7) is 6.10. The van der Waals surface area contributed by atoms with Crippen molar-refractivity contribution in [1.82, 2.24) is 5.32 Å². The monoisotopic (exact) mass is 256 g/mol. The number of amidine groups is 1. The highest BCUT2D eigenvalue weighted by molar-refractivity contribution is 8.14.